The van der Waals surface area contributed by atoms with E-state index in [0.29, 0.717) is 33.7 Å². The molecule has 0 fully saturated rings. The van der Waals surface area contributed by atoms with Crippen LogP contribution in [0.5, 0.6) is 17.2 Å². The van der Waals surface area contributed by atoms with E-state index in [2.05, 4.69) is 9.97 Å². The summed E-state index contributed by atoms with van der Waals surface area (Å²) >= 11 is 1.34. The van der Waals surface area contributed by atoms with E-state index in [1.165, 1.54) is 33.1 Å². The molecule has 120 valence electrons. The molecule has 23 heavy (non-hydrogen) atoms. The van der Waals surface area contributed by atoms with Crippen molar-refractivity contribution in [2.75, 3.05) is 33.3 Å². The molecule has 1 aromatic heterocycles. The molecular formula is C15H16N4O3S. The molecule has 0 unspecified atom stereocenters. The Balaban J connectivity index is 2.76. The molecule has 2 rings (SSSR count). The Hall–Kier alpha value is -2.66. The van der Waals surface area contributed by atoms with Crippen molar-refractivity contribution in [2.45, 2.75) is 5.16 Å². The normalized spacial score (nSPS) is 10.0. The Labute approximate surface area is 138 Å². The number of methoxy groups -OCH3 is 3. The summed E-state index contributed by atoms with van der Waals surface area (Å²) in [6.07, 6.45) is 1.83. The van der Waals surface area contributed by atoms with Crippen LogP contribution >= 0.6 is 11.8 Å². The zero-order valence-corrected chi connectivity index (χ0v) is 14.0. The van der Waals surface area contributed by atoms with Gasteiger partial charge in [0.2, 0.25) is 5.75 Å². The quantitative estimate of drug-likeness (QED) is 0.657. The predicted molar refractivity (Wildman–Crippen MR) is 88.0 cm³/mol. The minimum atomic E-state index is 0.135. The summed E-state index contributed by atoms with van der Waals surface area (Å²) in [5.74, 6) is 1.53. The van der Waals surface area contributed by atoms with Crippen LogP contribution < -0.4 is 19.9 Å². The lowest BCUT2D eigenvalue weighted by molar-refractivity contribution is 0.324. The maximum Gasteiger partial charge on any atom is 0.203 e. The third kappa shape index (κ3) is 3.10. The lowest BCUT2D eigenvalue weighted by atomic mass is 10.1. The third-order valence-electron chi connectivity index (χ3n) is 3.15. The van der Waals surface area contributed by atoms with Gasteiger partial charge in [0.15, 0.2) is 16.7 Å². The van der Waals surface area contributed by atoms with Gasteiger partial charge in [-0.2, -0.15) is 5.26 Å². The first-order chi connectivity index (χ1) is 11.1. The van der Waals surface area contributed by atoms with Gasteiger partial charge < -0.3 is 19.9 Å². The van der Waals surface area contributed by atoms with Gasteiger partial charge in [0.1, 0.15) is 17.5 Å². The average molecular weight is 332 g/mol. The first kappa shape index (κ1) is 16.7. The van der Waals surface area contributed by atoms with Crippen LogP contribution in [0.2, 0.25) is 0 Å². The number of benzene rings is 1. The maximum absolute atomic E-state index is 9.37. The number of rotatable bonds is 5. The van der Waals surface area contributed by atoms with Gasteiger partial charge in [0.25, 0.3) is 0 Å². The molecule has 0 amide bonds. The Morgan fingerprint density at radius 1 is 1.09 bits per heavy atom. The van der Waals surface area contributed by atoms with E-state index in [1.54, 1.807) is 12.1 Å². The highest BCUT2D eigenvalue weighted by atomic mass is 32.2. The van der Waals surface area contributed by atoms with Gasteiger partial charge in [0.05, 0.1) is 27.0 Å². The smallest absolute Gasteiger partial charge is 0.203 e. The summed E-state index contributed by atoms with van der Waals surface area (Å²) in [5, 5.41) is 9.85. The van der Waals surface area contributed by atoms with Crippen LogP contribution in [0.25, 0.3) is 11.3 Å². The molecule has 7 nitrogen and oxygen atoms in total. The standard InChI is InChI=1S/C15H16N4O3S/c1-20-10-5-8(6-11(21-2)13(10)22-3)12-9(7-16)14(17)19-15(18-12)23-4/h5-6H,1-4H3,(H2,17,18,19). The first-order valence-electron chi connectivity index (χ1n) is 6.51. The molecule has 0 saturated carbocycles. The molecule has 0 aliphatic heterocycles. The number of ether oxygens (including phenoxy) is 3. The number of nitriles is 1. The molecule has 0 atom stereocenters. The van der Waals surface area contributed by atoms with Crippen molar-refractivity contribution in [3.05, 3.63) is 17.7 Å². The van der Waals surface area contributed by atoms with Gasteiger partial charge in [-0.3, -0.25) is 0 Å². The van der Waals surface area contributed by atoms with Crippen molar-refractivity contribution in [3.63, 3.8) is 0 Å². The molecule has 0 aliphatic rings. The van der Waals surface area contributed by atoms with E-state index in [0.717, 1.165) is 0 Å². The van der Waals surface area contributed by atoms with Crippen molar-refractivity contribution < 1.29 is 14.2 Å². The Kier molecular flexibility index (Phi) is 5.13. The highest BCUT2D eigenvalue weighted by Gasteiger charge is 2.19. The summed E-state index contributed by atoms with van der Waals surface area (Å²) in [6.45, 7) is 0. The van der Waals surface area contributed by atoms with E-state index in [1.807, 2.05) is 12.3 Å². The number of nitrogen functional groups attached to an aromatic ring is 1. The van der Waals surface area contributed by atoms with Crippen LogP contribution in [0.15, 0.2) is 17.3 Å². The highest BCUT2D eigenvalue weighted by Crippen LogP contribution is 2.41. The van der Waals surface area contributed by atoms with Gasteiger partial charge in [-0.25, -0.2) is 9.97 Å². The van der Waals surface area contributed by atoms with E-state index in [4.69, 9.17) is 19.9 Å². The van der Waals surface area contributed by atoms with Crippen LogP contribution in [-0.2, 0) is 0 Å². The van der Waals surface area contributed by atoms with Gasteiger partial charge in [-0.1, -0.05) is 11.8 Å². The summed E-state index contributed by atoms with van der Waals surface area (Å²) in [6, 6.07) is 5.48. The number of nitrogens with zero attached hydrogens (tertiary/aromatic N) is 3. The van der Waals surface area contributed by atoms with E-state index in [-0.39, 0.29) is 11.4 Å². The van der Waals surface area contributed by atoms with Crippen LogP contribution in [0, 0.1) is 11.3 Å². The molecule has 2 N–H and O–H groups in total. The number of anilines is 1. The number of nitrogens with two attached hydrogens (primary N) is 1. The van der Waals surface area contributed by atoms with Gasteiger partial charge in [-0.05, 0) is 18.4 Å². The SMILES string of the molecule is COc1cc(-c2nc(SC)nc(N)c2C#N)cc(OC)c1OC. The Bertz CT molecular complexity index is 749. The topological polar surface area (TPSA) is 103 Å². The number of hydrogen-bond donors (Lipinski definition) is 1. The fourth-order valence-corrected chi connectivity index (χ4v) is 2.46. The van der Waals surface area contributed by atoms with E-state index in [9.17, 15) is 5.26 Å². The van der Waals surface area contributed by atoms with Crippen LogP contribution in [0.4, 0.5) is 5.82 Å². The number of hydrogen-bond acceptors (Lipinski definition) is 8. The second-order valence-electron chi connectivity index (χ2n) is 4.34. The third-order valence-corrected chi connectivity index (χ3v) is 3.70. The molecule has 8 heteroatoms. The van der Waals surface area contributed by atoms with Crippen molar-refractivity contribution >= 4 is 17.6 Å². The molecule has 0 bridgehead atoms. The van der Waals surface area contributed by atoms with Gasteiger partial charge in [0, 0.05) is 5.56 Å². The Morgan fingerprint density at radius 3 is 2.13 bits per heavy atom. The summed E-state index contributed by atoms with van der Waals surface area (Å²) in [5.41, 5.74) is 7.12. The molecule has 0 saturated heterocycles. The largest absolute Gasteiger partial charge is 0.493 e. The van der Waals surface area contributed by atoms with Crippen LogP contribution in [0.1, 0.15) is 5.56 Å². The molecule has 0 aliphatic carbocycles. The van der Waals surface area contributed by atoms with Crippen LogP contribution in [0.3, 0.4) is 0 Å². The van der Waals surface area contributed by atoms with Gasteiger partial charge >= 0.3 is 0 Å². The first-order valence-corrected chi connectivity index (χ1v) is 7.74. The average Bonchev–Trinajstić information content (AvgIpc) is 2.59. The summed E-state index contributed by atoms with van der Waals surface area (Å²) < 4.78 is 16.0. The molecule has 0 spiro atoms. The summed E-state index contributed by atoms with van der Waals surface area (Å²) in [7, 11) is 4.57. The Morgan fingerprint density at radius 2 is 1.70 bits per heavy atom. The lowest BCUT2D eigenvalue weighted by Gasteiger charge is -2.15. The van der Waals surface area contributed by atoms with Crippen molar-refractivity contribution in [2.24, 2.45) is 0 Å². The zero-order valence-electron chi connectivity index (χ0n) is 13.2. The molecular weight excluding hydrogens is 316 g/mol. The second kappa shape index (κ2) is 7.07. The second-order valence-corrected chi connectivity index (χ2v) is 5.12. The minimum absolute atomic E-state index is 0.135. The van der Waals surface area contributed by atoms with Crippen molar-refractivity contribution in [1.29, 1.82) is 5.26 Å². The van der Waals surface area contributed by atoms with Crippen molar-refractivity contribution in [3.8, 4) is 34.6 Å². The monoisotopic (exact) mass is 332 g/mol. The molecule has 1 aromatic carbocycles. The molecule has 0 radical (unpaired) electrons. The van der Waals surface area contributed by atoms with E-state index < -0.39 is 0 Å². The molecule has 2 aromatic rings. The van der Waals surface area contributed by atoms with Crippen molar-refractivity contribution in [1.82, 2.24) is 9.97 Å². The molecule has 1 heterocycles. The number of aromatic nitrogens is 2. The fourth-order valence-electron chi connectivity index (χ4n) is 2.09. The maximum atomic E-state index is 9.37. The van der Waals surface area contributed by atoms with Crippen LogP contribution in [-0.4, -0.2) is 37.6 Å². The zero-order chi connectivity index (χ0) is 17.0. The minimum Gasteiger partial charge on any atom is -0.493 e. The summed E-state index contributed by atoms with van der Waals surface area (Å²) in [4.78, 5) is 8.48. The number of thioether (sulfide) groups is 1. The highest BCUT2D eigenvalue weighted by molar-refractivity contribution is 7.98. The van der Waals surface area contributed by atoms with E-state index >= 15 is 0 Å². The lowest BCUT2D eigenvalue weighted by Crippen LogP contribution is -2.03. The van der Waals surface area contributed by atoms with Gasteiger partial charge in [-0.15, -0.1) is 0 Å². The predicted octanol–water partition coefficient (Wildman–Crippen LogP) is 2.35. The fraction of sp³-hybridized carbons (Fsp3) is 0.267.